The highest BCUT2D eigenvalue weighted by Crippen LogP contribution is 2.17. The molecule has 0 radical (unpaired) electrons. The summed E-state index contributed by atoms with van der Waals surface area (Å²) in [6.45, 7) is 6.37. The Balaban J connectivity index is 1.84. The molecule has 3 nitrogen and oxygen atoms in total. The third-order valence-corrected chi connectivity index (χ3v) is 4.80. The molecule has 1 aliphatic rings. The van der Waals surface area contributed by atoms with E-state index in [0.29, 0.717) is 12.0 Å². The summed E-state index contributed by atoms with van der Waals surface area (Å²) >= 11 is 5.94. The molecule has 138 valence electrons. The zero-order chi connectivity index (χ0) is 18.1. The van der Waals surface area contributed by atoms with Crippen LogP contribution in [0.2, 0.25) is 5.02 Å². The van der Waals surface area contributed by atoms with Crippen molar-refractivity contribution in [1.29, 1.82) is 0 Å². The van der Waals surface area contributed by atoms with E-state index in [9.17, 15) is 0 Å². The molecule has 0 amide bonds. The number of nitrogens with zero attached hydrogens (tertiary/aromatic N) is 1. The van der Waals surface area contributed by atoms with Crippen LogP contribution in [0.3, 0.4) is 0 Å². The Morgan fingerprint density at radius 1 is 1.36 bits per heavy atom. The maximum atomic E-state index is 5.94. The Morgan fingerprint density at radius 3 is 2.76 bits per heavy atom. The molecule has 1 N–H and O–H groups in total. The maximum absolute atomic E-state index is 5.94. The normalized spacial score (nSPS) is 19.2. The van der Waals surface area contributed by atoms with Crippen molar-refractivity contribution in [2.75, 3.05) is 20.2 Å². The lowest BCUT2D eigenvalue weighted by molar-refractivity contribution is 0.0522. The summed E-state index contributed by atoms with van der Waals surface area (Å²) in [4.78, 5) is 8.16. The zero-order valence-corrected chi connectivity index (χ0v) is 16.4. The van der Waals surface area contributed by atoms with Gasteiger partial charge in [-0.3, -0.25) is 10.3 Å². The molecule has 25 heavy (non-hydrogen) atoms. The standard InChI is InChI=1S/C21H31ClN2O/c1-17(2)6-12-20(13-9-18-7-10-19(22)11-8-18)23-25-16-14-21-5-4-15-24(21)3/h7-13,17,21,23H,4-6,14-16H2,1-3H3. The maximum Gasteiger partial charge on any atom is 0.0760 e. The SMILES string of the molecule is CC(C)CC=C(C=Cc1ccc(Cl)cc1)NOCCC1CCCN1C. The van der Waals surface area contributed by atoms with Crippen LogP contribution in [0.25, 0.3) is 6.08 Å². The van der Waals surface area contributed by atoms with E-state index >= 15 is 0 Å². The van der Waals surface area contributed by atoms with E-state index in [1.807, 2.05) is 24.3 Å². The van der Waals surface area contributed by atoms with Crippen molar-refractivity contribution in [3.05, 3.63) is 52.7 Å². The molecule has 0 aliphatic carbocycles. The Kier molecular flexibility index (Phi) is 8.53. The number of hydrogen-bond acceptors (Lipinski definition) is 3. The molecule has 1 aromatic carbocycles. The van der Waals surface area contributed by atoms with Crippen molar-refractivity contribution in [3.8, 4) is 0 Å². The van der Waals surface area contributed by atoms with Crippen LogP contribution >= 0.6 is 11.6 Å². The van der Waals surface area contributed by atoms with Gasteiger partial charge in [0.2, 0.25) is 0 Å². The number of benzene rings is 1. The first-order chi connectivity index (χ1) is 12.0. The van der Waals surface area contributed by atoms with Crippen LogP contribution in [-0.4, -0.2) is 31.1 Å². The number of nitrogens with one attached hydrogen (secondary N) is 1. The lowest BCUT2D eigenvalue weighted by Gasteiger charge is -2.19. The highest BCUT2D eigenvalue weighted by molar-refractivity contribution is 6.30. The van der Waals surface area contributed by atoms with Crippen LogP contribution < -0.4 is 5.48 Å². The third-order valence-electron chi connectivity index (χ3n) is 4.55. The van der Waals surface area contributed by atoms with Gasteiger partial charge in [-0.2, -0.15) is 0 Å². The molecule has 1 fully saturated rings. The second-order valence-corrected chi connectivity index (χ2v) is 7.63. The molecular weight excluding hydrogens is 332 g/mol. The first-order valence-corrected chi connectivity index (χ1v) is 9.64. The molecule has 1 saturated heterocycles. The van der Waals surface area contributed by atoms with Gasteiger partial charge >= 0.3 is 0 Å². The molecule has 4 heteroatoms. The lowest BCUT2D eigenvalue weighted by atomic mass is 10.1. The van der Waals surface area contributed by atoms with E-state index in [4.69, 9.17) is 16.4 Å². The monoisotopic (exact) mass is 362 g/mol. The molecule has 0 bridgehead atoms. The molecule has 1 atom stereocenters. The van der Waals surface area contributed by atoms with Crippen molar-refractivity contribution < 1.29 is 4.84 Å². The van der Waals surface area contributed by atoms with Crippen molar-refractivity contribution in [2.24, 2.45) is 5.92 Å². The Bertz CT molecular complexity index is 566. The minimum atomic E-state index is 0.618. The quantitative estimate of drug-likeness (QED) is 0.367. The molecule has 0 saturated carbocycles. The van der Waals surface area contributed by atoms with Gasteiger partial charge in [-0.05, 0) is 69.0 Å². The molecule has 1 heterocycles. The first-order valence-electron chi connectivity index (χ1n) is 9.26. The lowest BCUT2D eigenvalue weighted by Crippen LogP contribution is -2.27. The van der Waals surface area contributed by atoms with E-state index in [0.717, 1.165) is 35.7 Å². The number of hydroxylamine groups is 1. The molecule has 1 unspecified atom stereocenters. The first kappa shape index (κ1) is 20.0. The second-order valence-electron chi connectivity index (χ2n) is 7.19. The molecule has 2 rings (SSSR count). The van der Waals surface area contributed by atoms with Crippen LogP contribution in [0.5, 0.6) is 0 Å². The van der Waals surface area contributed by atoms with Crippen LogP contribution in [0, 0.1) is 5.92 Å². The summed E-state index contributed by atoms with van der Waals surface area (Å²) in [5.41, 5.74) is 5.25. The largest absolute Gasteiger partial charge is 0.303 e. The smallest absolute Gasteiger partial charge is 0.0760 e. The number of halogens is 1. The number of allylic oxidation sites excluding steroid dienone is 2. The molecule has 0 spiro atoms. The minimum absolute atomic E-state index is 0.618. The van der Waals surface area contributed by atoms with Crippen LogP contribution in [0.1, 0.15) is 45.1 Å². The number of rotatable bonds is 9. The van der Waals surface area contributed by atoms with Gasteiger partial charge in [0.05, 0.1) is 12.3 Å². The Labute approximate surface area is 157 Å². The van der Waals surface area contributed by atoms with Crippen molar-refractivity contribution >= 4 is 17.7 Å². The van der Waals surface area contributed by atoms with Crippen LogP contribution in [0.4, 0.5) is 0 Å². The summed E-state index contributed by atoms with van der Waals surface area (Å²) in [5.74, 6) is 0.618. The number of likely N-dealkylation sites (tertiary alicyclic amines) is 1. The average molecular weight is 363 g/mol. The summed E-state index contributed by atoms with van der Waals surface area (Å²) in [7, 11) is 2.20. The van der Waals surface area contributed by atoms with Crippen molar-refractivity contribution in [2.45, 2.75) is 45.6 Å². The summed E-state index contributed by atoms with van der Waals surface area (Å²) in [5, 5.41) is 0.756. The van der Waals surface area contributed by atoms with Crippen molar-refractivity contribution in [3.63, 3.8) is 0 Å². The van der Waals surface area contributed by atoms with Gasteiger partial charge in [-0.1, -0.05) is 49.7 Å². The van der Waals surface area contributed by atoms with Crippen LogP contribution in [0.15, 0.2) is 42.1 Å². The van der Waals surface area contributed by atoms with E-state index in [2.05, 4.69) is 49.5 Å². The van der Waals surface area contributed by atoms with Gasteiger partial charge in [0.1, 0.15) is 0 Å². The molecule has 1 aliphatic heterocycles. The zero-order valence-electron chi connectivity index (χ0n) is 15.7. The van der Waals surface area contributed by atoms with Gasteiger partial charge < -0.3 is 4.90 Å². The predicted octanol–water partition coefficient (Wildman–Crippen LogP) is 5.29. The minimum Gasteiger partial charge on any atom is -0.303 e. The second kappa shape index (κ2) is 10.6. The summed E-state index contributed by atoms with van der Waals surface area (Å²) < 4.78 is 0. The van der Waals surface area contributed by atoms with Gasteiger partial charge in [-0.25, -0.2) is 0 Å². The van der Waals surface area contributed by atoms with Crippen molar-refractivity contribution in [1.82, 2.24) is 10.4 Å². The van der Waals surface area contributed by atoms with Gasteiger partial charge in [0, 0.05) is 11.1 Å². The fourth-order valence-corrected chi connectivity index (χ4v) is 3.07. The summed E-state index contributed by atoms with van der Waals surface area (Å²) in [6.07, 6.45) is 11.0. The van der Waals surface area contributed by atoms with Gasteiger partial charge in [0.25, 0.3) is 0 Å². The topological polar surface area (TPSA) is 24.5 Å². The third kappa shape index (κ3) is 7.64. The predicted molar refractivity (Wildman–Crippen MR) is 107 cm³/mol. The van der Waals surface area contributed by atoms with E-state index in [-0.39, 0.29) is 0 Å². The molecule has 1 aromatic rings. The fourth-order valence-electron chi connectivity index (χ4n) is 2.94. The van der Waals surface area contributed by atoms with E-state index in [1.165, 1.54) is 19.4 Å². The fraction of sp³-hybridized carbons (Fsp3) is 0.524. The number of hydrogen-bond donors (Lipinski definition) is 1. The van der Waals surface area contributed by atoms with Crippen LogP contribution in [-0.2, 0) is 4.84 Å². The highest BCUT2D eigenvalue weighted by Gasteiger charge is 2.20. The van der Waals surface area contributed by atoms with E-state index < -0.39 is 0 Å². The van der Waals surface area contributed by atoms with Gasteiger partial charge in [-0.15, -0.1) is 0 Å². The van der Waals surface area contributed by atoms with Gasteiger partial charge in [0.15, 0.2) is 0 Å². The van der Waals surface area contributed by atoms with E-state index in [1.54, 1.807) is 0 Å². The molecular formula is C21H31ClN2O. The average Bonchev–Trinajstić information content (AvgIpc) is 2.99. The summed E-state index contributed by atoms with van der Waals surface area (Å²) in [6, 6.07) is 8.49. The Morgan fingerprint density at radius 2 is 2.12 bits per heavy atom. The molecule has 0 aromatic heterocycles. The Hall–Kier alpha value is -1.29. The highest BCUT2D eigenvalue weighted by atomic mass is 35.5.